The minimum Gasteiger partial charge on any atom is -0.478 e. The Kier molecular flexibility index (Phi) is 4.73. The molecule has 0 amide bonds. The third-order valence-corrected chi connectivity index (χ3v) is 1.99. The van der Waals surface area contributed by atoms with Gasteiger partial charge in [-0.25, -0.2) is 4.79 Å². The summed E-state index contributed by atoms with van der Waals surface area (Å²) in [5.74, 6) is -0.940. The molecule has 0 heterocycles. The number of benzene rings is 1. The fourth-order valence-corrected chi connectivity index (χ4v) is 1.17. The Balaban J connectivity index is 2.78. The van der Waals surface area contributed by atoms with Crippen LogP contribution in [0.5, 0.6) is 0 Å². The molecule has 0 aliphatic rings. The van der Waals surface area contributed by atoms with Crippen molar-refractivity contribution in [3.05, 3.63) is 41.5 Å². The van der Waals surface area contributed by atoms with Crippen molar-refractivity contribution in [1.82, 2.24) is 0 Å². The van der Waals surface area contributed by atoms with Crippen LogP contribution in [0.15, 0.2) is 35.9 Å². The van der Waals surface area contributed by atoms with E-state index >= 15 is 0 Å². The average molecular weight is 220 g/mol. The predicted octanol–water partition coefficient (Wildman–Crippen LogP) is 2.58. The third-order valence-electron chi connectivity index (χ3n) is 1.99. The highest BCUT2D eigenvalue weighted by Crippen LogP contribution is 2.08. The first kappa shape index (κ1) is 12.5. The molecule has 1 rings (SSSR count). The van der Waals surface area contributed by atoms with Crippen molar-refractivity contribution in [2.75, 3.05) is 6.61 Å². The van der Waals surface area contributed by atoms with E-state index in [0.717, 1.165) is 5.56 Å². The molecule has 0 saturated carbocycles. The lowest BCUT2D eigenvalue weighted by molar-refractivity contribution is -0.133. The molecule has 0 unspecified atom stereocenters. The Morgan fingerprint density at radius 1 is 1.38 bits per heavy atom. The van der Waals surface area contributed by atoms with E-state index in [0.29, 0.717) is 0 Å². The van der Waals surface area contributed by atoms with Crippen molar-refractivity contribution in [2.45, 2.75) is 20.0 Å². The quantitative estimate of drug-likeness (QED) is 0.776. The van der Waals surface area contributed by atoms with Crippen LogP contribution in [0.2, 0.25) is 0 Å². The lowest BCUT2D eigenvalue weighted by atomic mass is 10.1. The zero-order chi connectivity index (χ0) is 12.0. The first-order valence-corrected chi connectivity index (χ1v) is 5.20. The van der Waals surface area contributed by atoms with Gasteiger partial charge in [-0.05, 0) is 25.5 Å². The van der Waals surface area contributed by atoms with Gasteiger partial charge in [-0.3, -0.25) is 0 Å². The van der Waals surface area contributed by atoms with E-state index in [1.54, 1.807) is 6.08 Å². The summed E-state index contributed by atoms with van der Waals surface area (Å²) >= 11 is 0. The summed E-state index contributed by atoms with van der Waals surface area (Å²) in [5.41, 5.74) is 1.13. The second kappa shape index (κ2) is 6.08. The number of ether oxygens (including phenoxy) is 1. The Labute approximate surface area is 95.4 Å². The molecule has 16 heavy (non-hydrogen) atoms. The molecule has 0 bridgehead atoms. The molecular formula is C13H16O3. The maximum atomic E-state index is 11.0. The Morgan fingerprint density at radius 3 is 2.50 bits per heavy atom. The van der Waals surface area contributed by atoms with E-state index in [2.05, 4.69) is 0 Å². The number of carbonyl (C=O) groups is 1. The van der Waals surface area contributed by atoms with Crippen LogP contribution in [-0.4, -0.2) is 23.8 Å². The van der Waals surface area contributed by atoms with Crippen LogP contribution in [0.3, 0.4) is 0 Å². The van der Waals surface area contributed by atoms with Gasteiger partial charge in [0.05, 0.1) is 18.3 Å². The molecule has 0 radical (unpaired) electrons. The minimum atomic E-state index is -0.940. The van der Waals surface area contributed by atoms with E-state index in [1.807, 2.05) is 44.2 Å². The van der Waals surface area contributed by atoms with Crippen molar-refractivity contribution in [3.8, 4) is 0 Å². The largest absolute Gasteiger partial charge is 0.478 e. The zero-order valence-electron chi connectivity index (χ0n) is 9.51. The van der Waals surface area contributed by atoms with Gasteiger partial charge in [0.2, 0.25) is 0 Å². The highest BCUT2D eigenvalue weighted by atomic mass is 16.5. The van der Waals surface area contributed by atoms with Gasteiger partial charge >= 0.3 is 5.97 Å². The minimum absolute atomic E-state index is 0.0264. The summed E-state index contributed by atoms with van der Waals surface area (Å²) in [6.45, 7) is 3.88. The first-order valence-electron chi connectivity index (χ1n) is 5.20. The molecule has 0 aromatic heterocycles. The monoisotopic (exact) mass is 220 g/mol. The summed E-state index contributed by atoms with van der Waals surface area (Å²) in [7, 11) is 0. The fraction of sp³-hybridized carbons (Fsp3) is 0.308. The van der Waals surface area contributed by atoms with E-state index in [1.165, 1.54) is 0 Å². The highest BCUT2D eigenvalue weighted by Gasteiger charge is 2.08. The molecule has 3 nitrogen and oxygen atoms in total. The molecule has 0 aliphatic heterocycles. The van der Waals surface area contributed by atoms with Crippen LogP contribution in [0.1, 0.15) is 19.4 Å². The van der Waals surface area contributed by atoms with Gasteiger partial charge in [-0.2, -0.15) is 0 Å². The molecular weight excluding hydrogens is 204 g/mol. The third kappa shape index (κ3) is 4.28. The standard InChI is InChI=1S/C13H16O3/c1-10(2)16-9-12(13(14)15)8-11-6-4-3-5-7-11/h3-8,10H,9H2,1-2H3,(H,14,15). The van der Waals surface area contributed by atoms with Gasteiger partial charge in [0, 0.05) is 0 Å². The molecule has 0 atom stereocenters. The average Bonchev–Trinajstić information content (AvgIpc) is 2.25. The summed E-state index contributed by atoms with van der Waals surface area (Å²) in [4.78, 5) is 11.0. The van der Waals surface area contributed by atoms with Crippen molar-refractivity contribution < 1.29 is 14.6 Å². The van der Waals surface area contributed by atoms with Crippen molar-refractivity contribution in [1.29, 1.82) is 0 Å². The van der Waals surface area contributed by atoms with Crippen molar-refractivity contribution in [2.24, 2.45) is 0 Å². The Hall–Kier alpha value is -1.61. The molecule has 86 valence electrons. The molecule has 0 spiro atoms. The maximum absolute atomic E-state index is 11.0. The fourth-order valence-electron chi connectivity index (χ4n) is 1.17. The summed E-state index contributed by atoms with van der Waals surface area (Å²) in [6, 6.07) is 9.35. The second-order valence-corrected chi connectivity index (χ2v) is 3.75. The number of aliphatic carboxylic acids is 1. The van der Waals surface area contributed by atoms with E-state index in [4.69, 9.17) is 9.84 Å². The SMILES string of the molecule is CC(C)OCC(=Cc1ccccc1)C(=O)O. The Bertz CT molecular complexity index is 366. The van der Waals surface area contributed by atoms with Gasteiger partial charge in [-0.1, -0.05) is 30.3 Å². The topological polar surface area (TPSA) is 46.5 Å². The maximum Gasteiger partial charge on any atom is 0.333 e. The number of hydrogen-bond donors (Lipinski definition) is 1. The van der Waals surface area contributed by atoms with Crippen LogP contribution < -0.4 is 0 Å². The summed E-state index contributed by atoms with van der Waals surface area (Å²) in [5, 5.41) is 9.00. The van der Waals surface area contributed by atoms with Crippen LogP contribution >= 0.6 is 0 Å². The molecule has 1 aromatic rings. The molecule has 1 aromatic carbocycles. The lowest BCUT2D eigenvalue weighted by Gasteiger charge is -2.07. The first-order chi connectivity index (χ1) is 7.59. The highest BCUT2D eigenvalue weighted by molar-refractivity contribution is 5.92. The molecule has 0 aliphatic carbocycles. The summed E-state index contributed by atoms with van der Waals surface area (Å²) in [6.07, 6.45) is 1.66. The van der Waals surface area contributed by atoms with E-state index in [9.17, 15) is 4.79 Å². The second-order valence-electron chi connectivity index (χ2n) is 3.75. The van der Waals surface area contributed by atoms with E-state index in [-0.39, 0.29) is 18.3 Å². The zero-order valence-corrected chi connectivity index (χ0v) is 9.51. The lowest BCUT2D eigenvalue weighted by Crippen LogP contribution is -2.12. The summed E-state index contributed by atoms with van der Waals surface area (Å²) < 4.78 is 5.29. The van der Waals surface area contributed by atoms with Crippen LogP contribution in [0.25, 0.3) is 6.08 Å². The number of hydrogen-bond acceptors (Lipinski definition) is 2. The predicted molar refractivity (Wildman–Crippen MR) is 63.1 cm³/mol. The Morgan fingerprint density at radius 2 is 2.00 bits per heavy atom. The van der Waals surface area contributed by atoms with Crippen LogP contribution in [0.4, 0.5) is 0 Å². The van der Waals surface area contributed by atoms with Gasteiger partial charge in [-0.15, -0.1) is 0 Å². The number of rotatable bonds is 5. The molecule has 3 heteroatoms. The van der Waals surface area contributed by atoms with Gasteiger partial charge in [0.25, 0.3) is 0 Å². The number of carboxylic acids is 1. The van der Waals surface area contributed by atoms with Gasteiger partial charge in [0.15, 0.2) is 0 Å². The molecule has 0 fully saturated rings. The number of carboxylic acid groups (broad SMARTS) is 1. The van der Waals surface area contributed by atoms with Gasteiger partial charge < -0.3 is 9.84 Å². The van der Waals surface area contributed by atoms with Crippen molar-refractivity contribution in [3.63, 3.8) is 0 Å². The molecule has 1 N–H and O–H groups in total. The molecule has 0 saturated heterocycles. The van der Waals surface area contributed by atoms with E-state index < -0.39 is 5.97 Å². The normalized spacial score (nSPS) is 11.8. The van der Waals surface area contributed by atoms with Crippen molar-refractivity contribution >= 4 is 12.0 Å². The van der Waals surface area contributed by atoms with Gasteiger partial charge in [0.1, 0.15) is 0 Å². The van der Waals surface area contributed by atoms with Crippen LogP contribution in [0, 0.1) is 0 Å². The smallest absolute Gasteiger partial charge is 0.333 e. The van der Waals surface area contributed by atoms with Crippen LogP contribution in [-0.2, 0) is 9.53 Å².